The van der Waals surface area contributed by atoms with Crippen molar-refractivity contribution >= 4 is 29.5 Å². The number of hydrogen-bond donors (Lipinski definition) is 2. The summed E-state index contributed by atoms with van der Waals surface area (Å²) in [6.07, 6.45) is 1.85. The van der Waals surface area contributed by atoms with Gasteiger partial charge < -0.3 is 20.1 Å². The summed E-state index contributed by atoms with van der Waals surface area (Å²) >= 11 is 1.61. The second-order valence-corrected chi connectivity index (χ2v) is 11.8. The van der Waals surface area contributed by atoms with E-state index in [-0.39, 0.29) is 37.0 Å². The number of aliphatic hydroxyl groups excluding tert-OH is 1. The van der Waals surface area contributed by atoms with Crippen LogP contribution in [0.3, 0.4) is 0 Å². The number of likely N-dealkylation sites (tertiary alicyclic amines) is 1. The van der Waals surface area contributed by atoms with Crippen LogP contribution in [0.5, 0.6) is 0 Å². The van der Waals surface area contributed by atoms with Gasteiger partial charge in [-0.25, -0.2) is 0 Å². The van der Waals surface area contributed by atoms with Crippen molar-refractivity contribution in [1.82, 2.24) is 10.2 Å². The van der Waals surface area contributed by atoms with Gasteiger partial charge in [-0.15, -0.1) is 11.8 Å². The zero-order valence-electron chi connectivity index (χ0n) is 19.7. The van der Waals surface area contributed by atoms with Crippen LogP contribution >= 0.6 is 11.8 Å². The van der Waals surface area contributed by atoms with Crippen molar-refractivity contribution in [2.24, 2.45) is 11.8 Å². The molecule has 2 N–H and O–H groups in total. The van der Waals surface area contributed by atoms with Gasteiger partial charge in [0.15, 0.2) is 0 Å². The third-order valence-electron chi connectivity index (χ3n) is 7.35. The third-order valence-corrected chi connectivity index (χ3v) is 9.34. The van der Waals surface area contributed by atoms with Crippen molar-refractivity contribution in [3.63, 3.8) is 0 Å². The summed E-state index contributed by atoms with van der Waals surface area (Å²) < 4.78 is 4.26. The molecular formula is C25H34N2O5S. The minimum atomic E-state index is -0.746. The smallest absolute Gasteiger partial charge is 0.311 e. The van der Waals surface area contributed by atoms with Gasteiger partial charge >= 0.3 is 5.97 Å². The second-order valence-electron chi connectivity index (χ2n) is 9.91. The molecule has 0 aromatic heterocycles. The fraction of sp³-hybridized carbons (Fsp3) is 0.640. The zero-order valence-corrected chi connectivity index (χ0v) is 20.6. The SMILES string of the molecule is CCOC(=O)[C@H]1[C@H]2C(=O)N([C@@H](CO)Cc3ccccc3)C(C(=O)NC(C)C)C23CC[C@]1(C)S3. The standard InChI is InChI=1S/C25H34N2O5S/c1-5-32-23(31)19-18-22(30)27(17(14-28)13-16-9-7-6-8-10-16)20(21(29)26-15(2)3)25(18)12-11-24(19,4)33-25/h6-10,15,17-20,28H,5,11-14H2,1-4H3,(H,26,29)/t17-,18+,19-,20?,24+,25?/m1/s1. The number of benzene rings is 1. The molecule has 3 fully saturated rings. The van der Waals surface area contributed by atoms with E-state index in [4.69, 9.17) is 4.74 Å². The summed E-state index contributed by atoms with van der Waals surface area (Å²) in [5.41, 5.74) is 0.979. The Morgan fingerprint density at radius 2 is 1.97 bits per heavy atom. The molecule has 0 saturated carbocycles. The van der Waals surface area contributed by atoms with Crippen LogP contribution in [0.15, 0.2) is 30.3 Å². The number of carbonyl (C=O) groups excluding carboxylic acids is 3. The van der Waals surface area contributed by atoms with E-state index in [1.54, 1.807) is 23.6 Å². The number of rotatable bonds is 8. The summed E-state index contributed by atoms with van der Waals surface area (Å²) in [4.78, 5) is 42.3. The maximum absolute atomic E-state index is 14.0. The molecule has 4 rings (SSSR count). The number of hydrogen-bond acceptors (Lipinski definition) is 6. The molecular weight excluding hydrogens is 440 g/mol. The van der Waals surface area contributed by atoms with Crippen LogP contribution in [0.2, 0.25) is 0 Å². The Kier molecular flexibility index (Phi) is 6.53. The predicted molar refractivity (Wildman–Crippen MR) is 127 cm³/mol. The molecule has 1 aromatic carbocycles. The van der Waals surface area contributed by atoms with Crippen molar-refractivity contribution in [2.45, 2.75) is 74.6 Å². The molecule has 1 spiro atoms. The average Bonchev–Trinajstić information content (AvgIpc) is 3.33. The third kappa shape index (κ3) is 3.85. The van der Waals surface area contributed by atoms with E-state index >= 15 is 0 Å². The van der Waals surface area contributed by atoms with Crippen LogP contribution in [-0.2, 0) is 25.5 Å². The Hall–Kier alpha value is -2.06. The Bertz CT molecular complexity index is 925. The first-order valence-corrected chi connectivity index (χ1v) is 12.6. The van der Waals surface area contributed by atoms with Crippen molar-refractivity contribution in [1.29, 1.82) is 0 Å². The topological polar surface area (TPSA) is 95.9 Å². The lowest BCUT2D eigenvalue weighted by molar-refractivity contribution is -0.155. The Labute approximate surface area is 199 Å². The molecule has 2 unspecified atom stereocenters. The lowest BCUT2D eigenvalue weighted by Crippen LogP contribution is -2.57. The maximum Gasteiger partial charge on any atom is 0.311 e. The quantitative estimate of drug-likeness (QED) is 0.561. The van der Waals surface area contributed by atoms with Gasteiger partial charge in [0.1, 0.15) is 6.04 Å². The van der Waals surface area contributed by atoms with Crippen LogP contribution in [0.4, 0.5) is 0 Å². The molecule has 8 heteroatoms. The number of esters is 1. The monoisotopic (exact) mass is 474 g/mol. The van der Waals surface area contributed by atoms with Gasteiger partial charge in [0, 0.05) is 10.8 Å². The van der Waals surface area contributed by atoms with Gasteiger partial charge in [0.05, 0.1) is 35.8 Å². The number of nitrogens with zero attached hydrogens (tertiary/aromatic N) is 1. The van der Waals surface area contributed by atoms with E-state index in [0.717, 1.165) is 12.0 Å². The van der Waals surface area contributed by atoms with Crippen molar-refractivity contribution in [3.05, 3.63) is 35.9 Å². The van der Waals surface area contributed by atoms with Gasteiger partial charge in [-0.1, -0.05) is 30.3 Å². The molecule has 33 heavy (non-hydrogen) atoms. The lowest BCUT2D eigenvalue weighted by atomic mass is 9.66. The highest BCUT2D eigenvalue weighted by Gasteiger charge is 2.78. The molecule has 3 saturated heterocycles. The summed E-state index contributed by atoms with van der Waals surface area (Å²) in [5.74, 6) is -2.02. The molecule has 1 aromatic rings. The minimum Gasteiger partial charge on any atom is -0.466 e. The number of aliphatic hydroxyl groups is 1. The van der Waals surface area contributed by atoms with E-state index in [9.17, 15) is 19.5 Å². The fourth-order valence-corrected chi connectivity index (χ4v) is 8.48. The summed E-state index contributed by atoms with van der Waals surface area (Å²) in [5, 5.41) is 13.4. The molecule has 3 aliphatic rings. The minimum absolute atomic E-state index is 0.0911. The molecule has 3 heterocycles. The van der Waals surface area contributed by atoms with Crippen molar-refractivity contribution in [2.75, 3.05) is 13.2 Å². The molecule has 6 atom stereocenters. The molecule has 3 aliphatic heterocycles. The van der Waals surface area contributed by atoms with Gasteiger partial charge in [-0.05, 0) is 52.5 Å². The van der Waals surface area contributed by atoms with Crippen LogP contribution in [-0.4, -0.2) is 68.6 Å². The number of fused-ring (bicyclic) bond motifs is 1. The number of carbonyl (C=O) groups is 3. The van der Waals surface area contributed by atoms with Gasteiger partial charge in [-0.3, -0.25) is 14.4 Å². The Balaban J connectivity index is 1.77. The van der Waals surface area contributed by atoms with Gasteiger partial charge in [-0.2, -0.15) is 0 Å². The number of nitrogens with one attached hydrogen (secondary N) is 1. The van der Waals surface area contributed by atoms with E-state index in [1.807, 2.05) is 51.1 Å². The van der Waals surface area contributed by atoms with E-state index in [2.05, 4.69) is 5.32 Å². The number of thioether (sulfide) groups is 1. The highest BCUT2D eigenvalue weighted by atomic mass is 32.2. The van der Waals surface area contributed by atoms with Gasteiger partial charge in [0.25, 0.3) is 0 Å². The highest BCUT2D eigenvalue weighted by molar-refractivity contribution is 8.02. The van der Waals surface area contributed by atoms with Crippen molar-refractivity contribution < 1.29 is 24.2 Å². The first-order chi connectivity index (χ1) is 15.7. The second kappa shape index (κ2) is 8.95. The number of ether oxygens (including phenoxy) is 1. The predicted octanol–water partition coefficient (Wildman–Crippen LogP) is 2.16. The molecule has 180 valence electrons. The Morgan fingerprint density at radius 3 is 2.58 bits per heavy atom. The normalized spacial score (nSPS) is 33.3. The van der Waals surface area contributed by atoms with Crippen molar-refractivity contribution in [3.8, 4) is 0 Å². The van der Waals surface area contributed by atoms with Crippen LogP contribution in [0, 0.1) is 11.8 Å². The summed E-state index contributed by atoms with van der Waals surface area (Å²) in [7, 11) is 0. The van der Waals surface area contributed by atoms with E-state index in [1.165, 1.54) is 0 Å². The first-order valence-electron chi connectivity index (χ1n) is 11.8. The molecule has 2 amide bonds. The van der Waals surface area contributed by atoms with Crippen LogP contribution < -0.4 is 5.32 Å². The number of amides is 2. The van der Waals surface area contributed by atoms with Crippen LogP contribution in [0.1, 0.15) is 46.1 Å². The maximum atomic E-state index is 14.0. The largest absolute Gasteiger partial charge is 0.466 e. The summed E-state index contributed by atoms with van der Waals surface area (Å²) in [6.45, 7) is 7.56. The zero-order chi connectivity index (χ0) is 24.0. The first kappa shape index (κ1) is 24.1. The fourth-order valence-electron chi connectivity index (χ4n) is 6.15. The molecule has 0 radical (unpaired) electrons. The van der Waals surface area contributed by atoms with E-state index in [0.29, 0.717) is 12.8 Å². The molecule has 0 aliphatic carbocycles. The van der Waals surface area contributed by atoms with E-state index < -0.39 is 33.4 Å². The highest BCUT2D eigenvalue weighted by Crippen LogP contribution is 2.71. The average molecular weight is 475 g/mol. The molecule has 2 bridgehead atoms. The summed E-state index contributed by atoms with van der Waals surface area (Å²) in [6, 6.07) is 8.26. The van der Waals surface area contributed by atoms with Crippen LogP contribution in [0.25, 0.3) is 0 Å². The van der Waals surface area contributed by atoms with Gasteiger partial charge in [0.2, 0.25) is 11.8 Å². The lowest BCUT2D eigenvalue weighted by Gasteiger charge is -2.37. The molecule has 7 nitrogen and oxygen atoms in total. The Morgan fingerprint density at radius 1 is 1.27 bits per heavy atom.